The van der Waals surface area contributed by atoms with Crippen molar-refractivity contribution in [1.29, 1.82) is 0 Å². The third-order valence-electron chi connectivity index (χ3n) is 5.28. The Kier molecular flexibility index (Phi) is 6.27. The van der Waals surface area contributed by atoms with Gasteiger partial charge in [0.25, 0.3) is 11.6 Å². The second-order valence-corrected chi connectivity index (χ2v) is 7.99. The van der Waals surface area contributed by atoms with Gasteiger partial charge in [-0.2, -0.15) is 0 Å². The Morgan fingerprint density at radius 1 is 1.09 bits per heavy atom. The quantitative estimate of drug-likeness (QED) is 0.419. The molecule has 0 aliphatic rings. The minimum Gasteiger partial charge on any atom is -0.449 e. The first-order chi connectivity index (χ1) is 16.2. The van der Waals surface area contributed by atoms with E-state index in [1.807, 2.05) is 31.1 Å². The molecule has 1 atom stereocenters. The maximum absolute atomic E-state index is 13.3. The Morgan fingerprint density at radius 2 is 1.76 bits per heavy atom. The Morgan fingerprint density at radius 3 is 2.41 bits per heavy atom. The lowest BCUT2D eigenvalue weighted by Gasteiger charge is -2.16. The van der Waals surface area contributed by atoms with Gasteiger partial charge in [-0.05, 0) is 68.4 Å². The number of aromatic nitrogens is 2. The van der Waals surface area contributed by atoms with Gasteiger partial charge in [0.1, 0.15) is 5.82 Å². The zero-order chi connectivity index (χ0) is 24.4. The lowest BCUT2D eigenvalue weighted by Crippen LogP contribution is -2.30. The molecule has 2 aromatic carbocycles. The van der Waals surface area contributed by atoms with Crippen LogP contribution in [-0.4, -0.2) is 42.2 Å². The van der Waals surface area contributed by atoms with Crippen molar-refractivity contribution in [3.63, 3.8) is 0 Å². The Hall–Kier alpha value is -4.27. The highest BCUT2D eigenvalue weighted by Gasteiger charge is 2.24. The molecule has 1 unspecified atom stereocenters. The highest BCUT2D eigenvalue weighted by atomic mass is 19.1. The summed E-state index contributed by atoms with van der Waals surface area (Å²) in [5, 5.41) is 7.02. The van der Waals surface area contributed by atoms with E-state index in [9.17, 15) is 14.0 Å². The Bertz CT molecular complexity index is 1350. The third-order valence-corrected chi connectivity index (χ3v) is 5.28. The number of nitrogens with zero attached hydrogens (tertiary/aromatic N) is 3. The first-order valence-electron chi connectivity index (χ1n) is 10.5. The fourth-order valence-electron chi connectivity index (χ4n) is 3.39. The Balaban J connectivity index is 1.56. The number of halogens is 1. The van der Waals surface area contributed by atoms with Crippen LogP contribution in [0.5, 0.6) is 0 Å². The molecule has 0 saturated heterocycles. The molecular weight excluding hydrogens is 439 g/mol. The number of esters is 1. The molecule has 0 aliphatic carbocycles. The van der Waals surface area contributed by atoms with Crippen LogP contribution in [0.25, 0.3) is 22.4 Å². The largest absolute Gasteiger partial charge is 0.449 e. The molecule has 2 aromatic heterocycles. The summed E-state index contributed by atoms with van der Waals surface area (Å²) in [4.78, 5) is 32.0. The summed E-state index contributed by atoms with van der Waals surface area (Å²) in [5.41, 5.74) is 3.28. The summed E-state index contributed by atoms with van der Waals surface area (Å²) in [6, 6.07) is 14.5. The van der Waals surface area contributed by atoms with Crippen LogP contribution >= 0.6 is 0 Å². The fraction of sp³-hybridized carbons (Fsp3) is 0.200. The summed E-state index contributed by atoms with van der Waals surface area (Å²) < 4.78 is 24.0. The second kappa shape index (κ2) is 9.30. The summed E-state index contributed by atoms with van der Waals surface area (Å²) in [6.07, 6.45) is -1.07. The number of hydrogen-bond acceptors (Lipinski definition) is 7. The number of pyridine rings is 1. The van der Waals surface area contributed by atoms with Gasteiger partial charge in [-0.25, -0.2) is 14.2 Å². The van der Waals surface area contributed by atoms with E-state index >= 15 is 0 Å². The molecule has 4 rings (SSSR count). The highest BCUT2D eigenvalue weighted by Crippen LogP contribution is 2.28. The molecule has 34 heavy (non-hydrogen) atoms. The van der Waals surface area contributed by atoms with Crippen molar-refractivity contribution in [3.8, 4) is 11.3 Å². The van der Waals surface area contributed by atoms with Crippen molar-refractivity contribution in [3.05, 3.63) is 71.7 Å². The topological polar surface area (TPSA) is 97.6 Å². The molecule has 174 valence electrons. The van der Waals surface area contributed by atoms with E-state index in [1.54, 1.807) is 31.2 Å². The van der Waals surface area contributed by atoms with E-state index in [-0.39, 0.29) is 11.3 Å². The molecule has 8 nitrogen and oxygen atoms in total. The van der Waals surface area contributed by atoms with Gasteiger partial charge in [0.15, 0.2) is 6.10 Å². The van der Waals surface area contributed by atoms with Gasteiger partial charge in [0, 0.05) is 31.0 Å². The molecule has 0 spiro atoms. The Labute approximate surface area is 195 Å². The normalized spacial score (nSPS) is 11.8. The predicted molar refractivity (Wildman–Crippen MR) is 126 cm³/mol. The first kappa shape index (κ1) is 22.9. The zero-order valence-corrected chi connectivity index (χ0v) is 19.1. The SMILES string of the molecule is Cc1noc2nc(-c3ccc(F)cc3)cc(C(=O)OC(C)C(=O)Nc3ccc(N(C)C)cc3)c12. The van der Waals surface area contributed by atoms with Gasteiger partial charge in [-0.15, -0.1) is 0 Å². The van der Waals surface area contributed by atoms with E-state index < -0.39 is 23.8 Å². The van der Waals surface area contributed by atoms with Gasteiger partial charge >= 0.3 is 5.97 Å². The van der Waals surface area contributed by atoms with Crippen LogP contribution < -0.4 is 10.2 Å². The number of anilines is 2. The summed E-state index contributed by atoms with van der Waals surface area (Å²) in [6.45, 7) is 3.16. The van der Waals surface area contributed by atoms with Crippen LogP contribution in [0.15, 0.2) is 59.1 Å². The van der Waals surface area contributed by atoms with E-state index in [1.165, 1.54) is 25.1 Å². The minimum absolute atomic E-state index is 0.143. The smallest absolute Gasteiger partial charge is 0.339 e. The maximum Gasteiger partial charge on any atom is 0.339 e. The van der Waals surface area contributed by atoms with Crippen molar-refractivity contribution < 1.29 is 23.2 Å². The molecule has 4 aromatic rings. The van der Waals surface area contributed by atoms with E-state index in [4.69, 9.17) is 9.26 Å². The third kappa shape index (κ3) is 4.73. The zero-order valence-electron chi connectivity index (χ0n) is 19.1. The average molecular weight is 462 g/mol. The number of amides is 1. The van der Waals surface area contributed by atoms with Crippen molar-refractivity contribution in [2.75, 3.05) is 24.3 Å². The van der Waals surface area contributed by atoms with Gasteiger partial charge in [0.2, 0.25) is 0 Å². The van der Waals surface area contributed by atoms with Crippen LogP contribution in [0, 0.1) is 12.7 Å². The summed E-state index contributed by atoms with van der Waals surface area (Å²) in [7, 11) is 3.84. The standard InChI is InChI=1S/C25H23FN4O4/c1-14-22-20(13-21(28-24(22)34-29-14)16-5-7-17(26)8-6-16)25(32)33-15(2)23(31)27-18-9-11-19(12-10-18)30(3)4/h5-13,15H,1-4H3,(H,27,31). The number of rotatable bonds is 6. The monoisotopic (exact) mass is 462 g/mol. The summed E-state index contributed by atoms with van der Waals surface area (Å²) >= 11 is 0. The molecule has 0 saturated carbocycles. The molecule has 1 N–H and O–H groups in total. The number of carbonyl (C=O) groups is 2. The molecule has 0 radical (unpaired) electrons. The number of benzene rings is 2. The number of hydrogen-bond donors (Lipinski definition) is 1. The van der Waals surface area contributed by atoms with Crippen molar-refractivity contribution in [2.24, 2.45) is 0 Å². The van der Waals surface area contributed by atoms with Crippen molar-refractivity contribution >= 4 is 34.4 Å². The van der Waals surface area contributed by atoms with Crippen LogP contribution in [0.2, 0.25) is 0 Å². The molecule has 0 aliphatic heterocycles. The average Bonchev–Trinajstić information content (AvgIpc) is 3.19. The second-order valence-electron chi connectivity index (χ2n) is 7.99. The molecule has 0 bridgehead atoms. The predicted octanol–water partition coefficient (Wildman–Crippen LogP) is 4.59. The van der Waals surface area contributed by atoms with Gasteiger partial charge in [-0.1, -0.05) is 5.16 Å². The van der Waals surface area contributed by atoms with Gasteiger partial charge in [-0.3, -0.25) is 4.79 Å². The fourth-order valence-corrected chi connectivity index (χ4v) is 3.39. The van der Waals surface area contributed by atoms with Gasteiger partial charge in [0.05, 0.1) is 22.3 Å². The van der Waals surface area contributed by atoms with Gasteiger partial charge < -0.3 is 19.5 Å². The molecule has 2 heterocycles. The van der Waals surface area contributed by atoms with E-state index in [2.05, 4.69) is 15.5 Å². The van der Waals surface area contributed by atoms with Crippen LogP contribution in [-0.2, 0) is 9.53 Å². The molecule has 1 amide bonds. The minimum atomic E-state index is -1.07. The molecular formula is C25H23FN4O4. The molecule has 0 fully saturated rings. The van der Waals surface area contributed by atoms with Crippen molar-refractivity contribution in [1.82, 2.24) is 10.1 Å². The van der Waals surface area contributed by atoms with Crippen LogP contribution in [0.4, 0.5) is 15.8 Å². The van der Waals surface area contributed by atoms with E-state index in [0.717, 1.165) is 5.69 Å². The van der Waals surface area contributed by atoms with Crippen LogP contribution in [0.1, 0.15) is 23.0 Å². The lowest BCUT2D eigenvalue weighted by molar-refractivity contribution is -0.123. The number of nitrogens with one attached hydrogen (secondary N) is 1. The van der Waals surface area contributed by atoms with Crippen LogP contribution in [0.3, 0.4) is 0 Å². The highest BCUT2D eigenvalue weighted by molar-refractivity contribution is 6.05. The molecule has 9 heteroatoms. The maximum atomic E-state index is 13.3. The summed E-state index contributed by atoms with van der Waals surface area (Å²) in [5.74, 6) is -1.60. The lowest BCUT2D eigenvalue weighted by atomic mass is 10.1. The number of ether oxygens (including phenoxy) is 1. The van der Waals surface area contributed by atoms with E-state index in [0.29, 0.717) is 28.0 Å². The number of fused-ring (bicyclic) bond motifs is 1. The number of aryl methyl sites for hydroxylation is 1. The first-order valence-corrected chi connectivity index (χ1v) is 10.5. The van der Waals surface area contributed by atoms with Crippen molar-refractivity contribution in [2.45, 2.75) is 20.0 Å². The number of carbonyl (C=O) groups excluding carboxylic acids is 2.